The maximum Gasteiger partial charge on any atom is 0.0966 e. The monoisotopic (exact) mass is 879 g/mol. The minimum atomic E-state index is 0.931. The van der Waals surface area contributed by atoms with Gasteiger partial charge in [0.1, 0.15) is 0 Å². The Balaban J connectivity index is 1.00. The normalized spacial score (nSPS) is 11.5. The van der Waals surface area contributed by atoms with E-state index in [1.807, 2.05) is 48.9 Å². The van der Waals surface area contributed by atoms with Crippen molar-refractivity contribution < 1.29 is 0 Å². The van der Waals surface area contributed by atoms with Crippen molar-refractivity contribution in [3.8, 4) is 89.3 Å². The summed E-state index contributed by atoms with van der Waals surface area (Å²) in [6.45, 7) is 0. The molecule has 0 N–H and O–H groups in total. The van der Waals surface area contributed by atoms with Gasteiger partial charge in [0.25, 0.3) is 0 Å². The molecule has 13 aromatic rings. The summed E-state index contributed by atoms with van der Waals surface area (Å²) >= 11 is 0. The maximum atomic E-state index is 5.10. The molecule has 69 heavy (non-hydrogen) atoms. The van der Waals surface area contributed by atoms with Crippen LogP contribution in [0.5, 0.6) is 0 Å². The van der Waals surface area contributed by atoms with E-state index in [0.29, 0.717) is 0 Å². The van der Waals surface area contributed by atoms with Gasteiger partial charge in [0, 0.05) is 45.9 Å². The second kappa shape index (κ2) is 16.8. The molecule has 0 bridgehead atoms. The molecule has 13 rings (SSSR count). The van der Waals surface area contributed by atoms with Gasteiger partial charge in [-0.2, -0.15) is 5.10 Å². The van der Waals surface area contributed by atoms with Crippen LogP contribution in [0.1, 0.15) is 0 Å². The molecule has 0 radical (unpaired) electrons. The predicted molar refractivity (Wildman–Crippen MR) is 285 cm³/mol. The molecule has 0 fully saturated rings. The van der Waals surface area contributed by atoms with Gasteiger partial charge in [-0.3, -0.25) is 15.0 Å². The topological polar surface area (TPSA) is 56.0 Å². The van der Waals surface area contributed by atoms with Crippen molar-refractivity contribution in [2.75, 3.05) is 0 Å². The molecular formula is C64H41N5. The van der Waals surface area contributed by atoms with Crippen molar-refractivity contribution in [3.05, 3.63) is 249 Å². The molecule has 5 nitrogen and oxygen atoms in total. The van der Waals surface area contributed by atoms with Crippen LogP contribution in [-0.4, -0.2) is 24.6 Å². The van der Waals surface area contributed by atoms with Gasteiger partial charge >= 0.3 is 0 Å². The molecule has 5 heteroatoms. The zero-order chi connectivity index (χ0) is 45.7. The molecule has 0 atom stereocenters. The average Bonchev–Trinajstić information content (AvgIpc) is 3.84. The molecule has 322 valence electrons. The number of nitrogens with zero attached hydrogens (tertiary/aromatic N) is 5. The van der Waals surface area contributed by atoms with Crippen molar-refractivity contribution in [2.45, 2.75) is 0 Å². The van der Waals surface area contributed by atoms with Crippen molar-refractivity contribution in [1.29, 1.82) is 0 Å². The third-order valence-electron chi connectivity index (χ3n) is 13.4. The summed E-state index contributed by atoms with van der Waals surface area (Å²) < 4.78 is 2.08. The van der Waals surface area contributed by atoms with Crippen LogP contribution in [0.2, 0.25) is 0 Å². The highest BCUT2D eigenvalue weighted by Crippen LogP contribution is 2.44. The van der Waals surface area contributed by atoms with Crippen LogP contribution < -0.4 is 0 Å². The largest absolute Gasteiger partial charge is 0.256 e. The van der Waals surface area contributed by atoms with Crippen molar-refractivity contribution in [2.24, 2.45) is 0 Å². The second-order valence-corrected chi connectivity index (χ2v) is 17.4. The van der Waals surface area contributed by atoms with Crippen molar-refractivity contribution in [3.63, 3.8) is 0 Å². The Labute approximate surface area is 399 Å². The number of fused-ring (bicyclic) bond motifs is 8. The van der Waals surface area contributed by atoms with Gasteiger partial charge in [-0.05, 0) is 133 Å². The highest BCUT2D eigenvalue weighted by molar-refractivity contribution is 6.18. The van der Waals surface area contributed by atoms with E-state index in [1.165, 1.54) is 0 Å². The number of rotatable bonds is 8. The Kier molecular flexibility index (Phi) is 9.76. The molecule has 0 saturated carbocycles. The van der Waals surface area contributed by atoms with Crippen LogP contribution in [0.25, 0.3) is 128 Å². The maximum absolute atomic E-state index is 5.10. The third kappa shape index (κ3) is 7.12. The summed E-state index contributed by atoms with van der Waals surface area (Å²) in [5, 5.41) is 8.43. The Bertz CT molecular complexity index is 3900. The molecule has 5 aromatic heterocycles. The lowest BCUT2D eigenvalue weighted by molar-refractivity contribution is 1.03. The van der Waals surface area contributed by atoms with Crippen LogP contribution in [0.15, 0.2) is 249 Å². The summed E-state index contributed by atoms with van der Waals surface area (Å²) in [5.74, 6) is 0. The van der Waals surface area contributed by atoms with E-state index in [4.69, 9.17) is 10.1 Å². The van der Waals surface area contributed by atoms with E-state index >= 15 is 0 Å². The van der Waals surface area contributed by atoms with E-state index in [-0.39, 0.29) is 0 Å². The Morgan fingerprint density at radius 2 is 0.710 bits per heavy atom. The summed E-state index contributed by atoms with van der Waals surface area (Å²) in [6.07, 6.45) is 5.56. The molecule has 0 unspecified atom stereocenters. The Hall–Kier alpha value is -9.32. The molecule has 0 aliphatic rings. The molecule has 0 aliphatic heterocycles. The lowest BCUT2D eigenvalue weighted by Gasteiger charge is -2.18. The second-order valence-electron chi connectivity index (χ2n) is 17.4. The minimum absolute atomic E-state index is 0.931. The highest BCUT2D eigenvalue weighted by atomic mass is 15.2. The van der Waals surface area contributed by atoms with E-state index in [9.17, 15) is 0 Å². The number of pyridine rings is 4. The molecule has 0 spiro atoms. The highest BCUT2D eigenvalue weighted by Gasteiger charge is 2.19. The fourth-order valence-corrected chi connectivity index (χ4v) is 10.1. The first kappa shape index (κ1) is 40.0. The van der Waals surface area contributed by atoms with Gasteiger partial charge in [-0.1, -0.05) is 164 Å². The summed E-state index contributed by atoms with van der Waals surface area (Å²) in [5.41, 5.74) is 21.7. The lowest BCUT2D eigenvalue weighted by Crippen LogP contribution is -1.95. The van der Waals surface area contributed by atoms with E-state index in [1.54, 1.807) is 0 Å². The van der Waals surface area contributed by atoms with Gasteiger partial charge in [0.2, 0.25) is 0 Å². The van der Waals surface area contributed by atoms with Gasteiger partial charge in [0.05, 0.1) is 33.5 Å². The summed E-state index contributed by atoms with van der Waals surface area (Å²) in [6, 6.07) is 82.4. The van der Waals surface area contributed by atoms with Crippen molar-refractivity contribution in [1.82, 2.24) is 24.6 Å². The van der Waals surface area contributed by atoms with Crippen molar-refractivity contribution >= 4 is 38.2 Å². The quantitative estimate of drug-likeness (QED) is 0.143. The van der Waals surface area contributed by atoms with Crippen LogP contribution >= 0.6 is 0 Å². The Morgan fingerprint density at radius 3 is 1.23 bits per heavy atom. The van der Waals surface area contributed by atoms with Gasteiger partial charge in [-0.25, -0.2) is 4.52 Å². The predicted octanol–water partition coefficient (Wildman–Crippen LogP) is 16.3. The first-order chi connectivity index (χ1) is 34.2. The van der Waals surface area contributed by atoms with Gasteiger partial charge in [0.15, 0.2) is 0 Å². The van der Waals surface area contributed by atoms with Crippen LogP contribution in [0, 0.1) is 0 Å². The van der Waals surface area contributed by atoms with Gasteiger partial charge < -0.3 is 0 Å². The smallest absolute Gasteiger partial charge is 0.0966 e. The SMILES string of the molecule is c1ccc(-c2ccc(-c3ccccc3-c3cc(-c4ccccc4-c4ccc(-c5ccccn5)cc4)cc(-c4ccccc4-c4ccc5c(c4)c4c6ccccc6nn4c4cccnc54)c3)cc2)nc1. The fourth-order valence-electron chi connectivity index (χ4n) is 10.1. The number of hydrogen-bond acceptors (Lipinski definition) is 4. The van der Waals surface area contributed by atoms with Crippen LogP contribution in [0.4, 0.5) is 0 Å². The van der Waals surface area contributed by atoms with Crippen LogP contribution in [0.3, 0.4) is 0 Å². The zero-order valence-electron chi connectivity index (χ0n) is 37.4. The summed E-state index contributed by atoms with van der Waals surface area (Å²) in [7, 11) is 0. The molecule has 5 heterocycles. The molecule has 0 saturated heterocycles. The number of hydrogen-bond donors (Lipinski definition) is 0. The summed E-state index contributed by atoms with van der Waals surface area (Å²) in [4.78, 5) is 14.1. The standard InChI is InChI=1S/C64H41N5/c1-4-17-53(50(14-1)42-25-29-44(30-26-42)59-21-9-11-35-65-59)47-38-48(54-18-5-2-15-51(54)43-27-31-45(32-28-43)60-22-10-12-36-66-60)40-49(39-47)55-19-6-3-16-52(55)46-33-34-56-58(41-46)64-57-20-7-8-23-61(57)68-69(64)62-24-13-37-67-63(56)62/h1-41H. The van der Waals surface area contributed by atoms with Crippen LogP contribution in [-0.2, 0) is 0 Å². The Morgan fingerprint density at radius 1 is 0.275 bits per heavy atom. The number of aromatic nitrogens is 5. The number of benzene rings is 8. The van der Waals surface area contributed by atoms with E-state index in [2.05, 4.69) is 215 Å². The van der Waals surface area contributed by atoms with E-state index < -0.39 is 0 Å². The minimum Gasteiger partial charge on any atom is -0.256 e. The first-order valence-electron chi connectivity index (χ1n) is 23.3. The molecular weight excluding hydrogens is 839 g/mol. The zero-order valence-corrected chi connectivity index (χ0v) is 37.4. The van der Waals surface area contributed by atoms with Gasteiger partial charge in [-0.15, -0.1) is 0 Å². The van der Waals surface area contributed by atoms with E-state index in [0.717, 1.165) is 128 Å². The lowest BCUT2D eigenvalue weighted by atomic mass is 9.86. The average molecular weight is 880 g/mol. The third-order valence-corrected chi connectivity index (χ3v) is 13.4. The molecule has 0 amide bonds. The fraction of sp³-hybridized carbons (Fsp3) is 0. The molecule has 0 aliphatic carbocycles. The first-order valence-corrected chi connectivity index (χ1v) is 23.3. The molecule has 8 aromatic carbocycles.